The summed E-state index contributed by atoms with van der Waals surface area (Å²) in [6.45, 7) is 14.1. The molecule has 35 heavy (non-hydrogen) atoms. The van der Waals surface area contributed by atoms with Crippen LogP contribution in [0.25, 0.3) is 0 Å². The molecule has 4 heteroatoms. The SMILES string of the molecule is C=C(C)C(=O)C(CCCCOCCCCN(CC1=CC=CCC1)C(=O)C(=C)C)Cc1ccccc1. The quantitative estimate of drug-likeness (QED) is 0.187. The van der Waals surface area contributed by atoms with Crippen molar-refractivity contribution in [3.8, 4) is 0 Å². The van der Waals surface area contributed by atoms with Crippen LogP contribution in [0.4, 0.5) is 0 Å². The molecule has 1 aliphatic rings. The smallest absolute Gasteiger partial charge is 0.249 e. The number of benzene rings is 1. The second kappa shape index (κ2) is 16.0. The number of unbranched alkanes of at least 4 members (excludes halogenated alkanes) is 2. The third kappa shape index (κ3) is 11.0. The molecule has 0 aromatic heterocycles. The van der Waals surface area contributed by atoms with Crippen LogP contribution in [0.3, 0.4) is 0 Å². The Morgan fingerprint density at radius 1 is 1.00 bits per heavy atom. The molecule has 1 unspecified atom stereocenters. The van der Waals surface area contributed by atoms with Gasteiger partial charge < -0.3 is 9.64 Å². The topological polar surface area (TPSA) is 46.6 Å². The molecule has 1 atom stereocenters. The number of amides is 1. The summed E-state index contributed by atoms with van der Waals surface area (Å²) < 4.78 is 5.84. The average molecular weight is 478 g/mol. The van der Waals surface area contributed by atoms with Crippen LogP contribution in [0.15, 0.2) is 78.4 Å². The molecule has 1 aliphatic carbocycles. The van der Waals surface area contributed by atoms with Crippen LogP contribution >= 0.6 is 0 Å². The lowest BCUT2D eigenvalue weighted by atomic mass is 9.88. The van der Waals surface area contributed by atoms with E-state index >= 15 is 0 Å². The fourth-order valence-electron chi connectivity index (χ4n) is 4.33. The monoisotopic (exact) mass is 477 g/mol. The van der Waals surface area contributed by atoms with E-state index in [1.54, 1.807) is 13.8 Å². The molecule has 0 fully saturated rings. The average Bonchev–Trinajstić information content (AvgIpc) is 2.86. The highest BCUT2D eigenvalue weighted by atomic mass is 16.5. The van der Waals surface area contributed by atoms with Crippen LogP contribution in [0.2, 0.25) is 0 Å². The van der Waals surface area contributed by atoms with E-state index in [0.717, 1.165) is 57.9 Å². The Balaban J connectivity index is 1.64. The molecule has 1 aromatic carbocycles. The molecule has 4 nitrogen and oxygen atoms in total. The van der Waals surface area contributed by atoms with Crippen molar-refractivity contribution in [1.82, 2.24) is 4.90 Å². The predicted octanol–water partition coefficient (Wildman–Crippen LogP) is 6.64. The van der Waals surface area contributed by atoms with Crippen molar-refractivity contribution < 1.29 is 14.3 Å². The maximum Gasteiger partial charge on any atom is 0.249 e. The van der Waals surface area contributed by atoms with Crippen molar-refractivity contribution >= 4 is 11.7 Å². The van der Waals surface area contributed by atoms with Gasteiger partial charge >= 0.3 is 0 Å². The first kappa shape index (κ1) is 28.5. The number of hydrogen-bond acceptors (Lipinski definition) is 3. The van der Waals surface area contributed by atoms with E-state index < -0.39 is 0 Å². The molecule has 0 heterocycles. The van der Waals surface area contributed by atoms with Crippen molar-refractivity contribution in [3.63, 3.8) is 0 Å². The Hall–Kier alpha value is -2.72. The summed E-state index contributed by atoms with van der Waals surface area (Å²) in [5, 5.41) is 0. The van der Waals surface area contributed by atoms with E-state index in [1.165, 1.54) is 11.1 Å². The Bertz CT molecular complexity index is 897. The highest BCUT2D eigenvalue weighted by Crippen LogP contribution is 2.20. The van der Waals surface area contributed by atoms with E-state index in [9.17, 15) is 9.59 Å². The third-order valence-electron chi connectivity index (χ3n) is 6.32. The van der Waals surface area contributed by atoms with Crippen molar-refractivity contribution in [2.75, 3.05) is 26.3 Å². The van der Waals surface area contributed by atoms with Gasteiger partial charge in [0.1, 0.15) is 0 Å². The molecule has 190 valence electrons. The molecule has 0 saturated heterocycles. The highest BCUT2D eigenvalue weighted by Gasteiger charge is 2.19. The van der Waals surface area contributed by atoms with Crippen LogP contribution in [-0.4, -0.2) is 42.9 Å². The lowest BCUT2D eigenvalue weighted by molar-refractivity contribution is -0.126. The summed E-state index contributed by atoms with van der Waals surface area (Å²) in [4.78, 5) is 27.0. The number of carbonyl (C=O) groups excluding carboxylic acids is 2. The third-order valence-corrected chi connectivity index (χ3v) is 6.32. The fraction of sp³-hybridized carbons (Fsp3) is 0.484. The largest absolute Gasteiger partial charge is 0.381 e. The molecule has 0 spiro atoms. The molecule has 0 radical (unpaired) electrons. The first-order chi connectivity index (χ1) is 16.9. The van der Waals surface area contributed by atoms with E-state index in [-0.39, 0.29) is 17.6 Å². The fourth-order valence-corrected chi connectivity index (χ4v) is 4.33. The second-order valence-electron chi connectivity index (χ2n) is 9.65. The number of rotatable bonds is 17. The van der Waals surface area contributed by atoms with Gasteiger partial charge in [-0.05, 0) is 69.9 Å². The van der Waals surface area contributed by atoms with Crippen molar-refractivity contribution in [1.29, 1.82) is 0 Å². The molecular formula is C31H43NO3. The minimum Gasteiger partial charge on any atom is -0.381 e. The molecule has 0 bridgehead atoms. The van der Waals surface area contributed by atoms with Gasteiger partial charge in [-0.15, -0.1) is 0 Å². The van der Waals surface area contributed by atoms with Gasteiger partial charge in [-0.3, -0.25) is 9.59 Å². The van der Waals surface area contributed by atoms with Gasteiger partial charge in [0, 0.05) is 37.8 Å². The first-order valence-corrected chi connectivity index (χ1v) is 13.0. The molecule has 1 aromatic rings. The number of Topliss-reactive ketones (excluding diaryl/α,β-unsaturated/α-hetero) is 1. The molecular weight excluding hydrogens is 434 g/mol. The van der Waals surface area contributed by atoms with Crippen LogP contribution < -0.4 is 0 Å². The van der Waals surface area contributed by atoms with Gasteiger partial charge in [-0.1, -0.05) is 73.7 Å². The highest BCUT2D eigenvalue weighted by molar-refractivity contribution is 5.96. The second-order valence-corrected chi connectivity index (χ2v) is 9.65. The minimum atomic E-state index is -0.0125. The summed E-state index contributed by atoms with van der Waals surface area (Å²) in [5.41, 5.74) is 3.72. The lowest BCUT2D eigenvalue weighted by Gasteiger charge is -2.25. The zero-order chi connectivity index (χ0) is 25.5. The summed E-state index contributed by atoms with van der Waals surface area (Å²) >= 11 is 0. The zero-order valence-corrected chi connectivity index (χ0v) is 21.8. The normalized spacial score (nSPS) is 13.7. The lowest BCUT2D eigenvalue weighted by Crippen LogP contribution is -2.34. The number of allylic oxidation sites excluding steroid dienone is 4. The molecule has 0 saturated carbocycles. The van der Waals surface area contributed by atoms with Crippen LogP contribution in [0.1, 0.15) is 64.4 Å². The predicted molar refractivity (Wildman–Crippen MR) is 145 cm³/mol. The van der Waals surface area contributed by atoms with Gasteiger partial charge in [0.25, 0.3) is 0 Å². The van der Waals surface area contributed by atoms with E-state index in [0.29, 0.717) is 30.9 Å². The number of hydrogen-bond donors (Lipinski definition) is 0. The van der Waals surface area contributed by atoms with E-state index in [4.69, 9.17) is 4.74 Å². The molecule has 0 N–H and O–H groups in total. The number of nitrogens with zero attached hydrogens (tertiary/aromatic N) is 1. The van der Waals surface area contributed by atoms with Crippen LogP contribution in [0.5, 0.6) is 0 Å². The standard InChI is InChI=1S/C31H43NO3/c1-25(2)30(33)29(23-27-15-7-5-8-16-27)19-11-13-21-35-22-14-12-20-32(31(34)26(3)4)24-28-17-9-6-10-18-28/h5-9,15-17,29H,1,3,10-14,18-24H2,2,4H3. The number of ketones is 1. The van der Waals surface area contributed by atoms with Crippen molar-refractivity contribution in [2.45, 2.75) is 65.2 Å². The minimum absolute atomic E-state index is 0.0125. The summed E-state index contributed by atoms with van der Waals surface area (Å²) in [5.74, 6) is 0.195. The van der Waals surface area contributed by atoms with E-state index in [1.807, 2.05) is 23.1 Å². The Kier molecular flexibility index (Phi) is 13.1. The van der Waals surface area contributed by atoms with E-state index in [2.05, 4.69) is 43.5 Å². The van der Waals surface area contributed by atoms with Crippen molar-refractivity contribution in [2.24, 2.45) is 5.92 Å². The first-order valence-electron chi connectivity index (χ1n) is 13.0. The van der Waals surface area contributed by atoms with Gasteiger partial charge in [0.2, 0.25) is 5.91 Å². The number of ether oxygens (including phenoxy) is 1. The van der Waals surface area contributed by atoms with Gasteiger partial charge in [0.05, 0.1) is 0 Å². The Morgan fingerprint density at radius 3 is 2.34 bits per heavy atom. The van der Waals surface area contributed by atoms with Crippen molar-refractivity contribution in [3.05, 3.63) is 84.0 Å². The van der Waals surface area contributed by atoms with Gasteiger partial charge in [0.15, 0.2) is 5.78 Å². The molecule has 0 aliphatic heterocycles. The molecule has 1 amide bonds. The summed E-state index contributed by atoms with van der Waals surface area (Å²) in [6, 6.07) is 10.2. The summed E-state index contributed by atoms with van der Waals surface area (Å²) in [6.07, 6.45) is 13.8. The van der Waals surface area contributed by atoms with Gasteiger partial charge in [-0.25, -0.2) is 0 Å². The molecule has 2 rings (SSSR count). The van der Waals surface area contributed by atoms with Crippen LogP contribution in [0, 0.1) is 5.92 Å². The Morgan fingerprint density at radius 2 is 1.71 bits per heavy atom. The Labute approximate surface area is 212 Å². The maximum absolute atomic E-state index is 12.6. The zero-order valence-electron chi connectivity index (χ0n) is 21.8. The summed E-state index contributed by atoms with van der Waals surface area (Å²) in [7, 11) is 0. The number of carbonyl (C=O) groups is 2. The van der Waals surface area contributed by atoms with Gasteiger partial charge in [-0.2, -0.15) is 0 Å². The van der Waals surface area contributed by atoms with Crippen LogP contribution in [-0.2, 0) is 20.7 Å². The maximum atomic E-state index is 12.6.